The maximum absolute atomic E-state index is 12.7. The first kappa shape index (κ1) is 43.0. The van der Waals surface area contributed by atoms with Crippen molar-refractivity contribution in [1.82, 2.24) is 34.4 Å². The Bertz CT molecular complexity index is 2490. The van der Waals surface area contributed by atoms with E-state index < -0.39 is 11.6 Å². The average Bonchev–Trinajstić information content (AvgIpc) is 3.79. The summed E-state index contributed by atoms with van der Waals surface area (Å²) < 4.78 is 19.7. The molecule has 0 N–H and O–H groups in total. The lowest BCUT2D eigenvalue weighted by atomic mass is 9.82. The maximum Gasteiger partial charge on any atom is 0.410 e. The van der Waals surface area contributed by atoms with Crippen LogP contribution in [0.5, 0.6) is 0 Å². The first-order valence-corrected chi connectivity index (χ1v) is 21.6. The fourth-order valence-corrected chi connectivity index (χ4v) is 8.52. The van der Waals surface area contributed by atoms with E-state index in [1.807, 2.05) is 119 Å². The van der Waals surface area contributed by atoms with Gasteiger partial charge in [-0.2, -0.15) is 10.2 Å². The van der Waals surface area contributed by atoms with Crippen molar-refractivity contribution in [2.45, 2.75) is 111 Å². The third-order valence-electron chi connectivity index (χ3n) is 11.3. The minimum atomic E-state index is -0.525. The minimum absolute atomic E-state index is 0.157. The number of para-hydroxylation sites is 2. The number of esters is 2. The largest absolute Gasteiger partial charge is 0.461 e. The zero-order valence-corrected chi connectivity index (χ0v) is 36.4. The second-order valence-electron chi connectivity index (χ2n) is 16.8. The molecule has 0 bridgehead atoms. The van der Waals surface area contributed by atoms with Crippen LogP contribution >= 0.6 is 0 Å². The number of pyridine rings is 2. The molecule has 0 atom stereocenters. The first-order chi connectivity index (χ1) is 29.4. The van der Waals surface area contributed by atoms with Gasteiger partial charge < -0.3 is 19.1 Å². The van der Waals surface area contributed by atoms with E-state index in [1.54, 1.807) is 16.5 Å². The van der Waals surface area contributed by atoms with Crippen molar-refractivity contribution in [2.24, 2.45) is 0 Å². The number of nitrogens with zero attached hydrogens (tertiary/aromatic N) is 7. The molecule has 8 rings (SSSR count). The van der Waals surface area contributed by atoms with Gasteiger partial charge in [0.1, 0.15) is 5.60 Å². The number of fused-ring (bicyclic) bond motifs is 2. The van der Waals surface area contributed by atoms with Gasteiger partial charge in [0.25, 0.3) is 0 Å². The Labute approximate surface area is 357 Å². The van der Waals surface area contributed by atoms with Gasteiger partial charge in [0.15, 0.2) is 22.7 Å². The van der Waals surface area contributed by atoms with Crippen molar-refractivity contribution in [1.29, 1.82) is 0 Å². The normalized spacial score (nSPS) is 15.0. The highest BCUT2D eigenvalue weighted by molar-refractivity contribution is 5.94. The molecule has 2 aromatic carbocycles. The van der Waals surface area contributed by atoms with Crippen LogP contribution in [0.15, 0.2) is 72.8 Å². The van der Waals surface area contributed by atoms with Crippen LogP contribution in [0.3, 0.4) is 0 Å². The molecule has 13 nitrogen and oxygen atoms in total. The van der Waals surface area contributed by atoms with Crippen molar-refractivity contribution < 1.29 is 28.6 Å². The summed E-state index contributed by atoms with van der Waals surface area (Å²) in [5.74, 6) is -0.209. The number of likely N-dealkylation sites (tertiary alicyclic amines) is 1. The minimum Gasteiger partial charge on any atom is -0.461 e. The van der Waals surface area contributed by atoms with Gasteiger partial charge in [-0.25, -0.2) is 33.7 Å². The summed E-state index contributed by atoms with van der Waals surface area (Å²) in [5.41, 5.74) is 7.35. The van der Waals surface area contributed by atoms with Gasteiger partial charge in [0.05, 0.1) is 36.0 Å². The van der Waals surface area contributed by atoms with Crippen molar-refractivity contribution in [2.75, 3.05) is 26.3 Å². The number of carbonyl (C=O) groups is 3. The molecule has 0 radical (unpaired) electrons. The van der Waals surface area contributed by atoms with Crippen LogP contribution in [0.1, 0.15) is 135 Å². The van der Waals surface area contributed by atoms with E-state index in [-0.39, 0.29) is 30.3 Å². The van der Waals surface area contributed by atoms with E-state index in [9.17, 15) is 14.4 Å². The van der Waals surface area contributed by atoms with Crippen molar-refractivity contribution >= 4 is 40.1 Å². The molecule has 61 heavy (non-hydrogen) atoms. The number of aryl methyl sites for hydroxylation is 2. The Kier molecular flexibility index (Phi) is 13.1. The van der Waals surface area contributed by atoms with Crippen LogP contribution < -0.4 is 0 Å². The van der Waals surface area contributed by atoms with Crippen molar-refractivity contribution in [3.8, 4) is 11.4 Å². The summed E-state index contributed by atoms with van der Waals surface area (Å²) in [6, 6.07) is 23.5. The fourth-order valence-electron chi connectivity index (χ4n) is 8.52. The van der Waals surface area contributed by atoms with Crippen molar-refractivity contribution in [3.63, 3.8) is 0 Å². The molecule has 1 saturated carbocycles. The van der Waals surface area contributed by atoms with Gasteiger partial charge >= 0.3 is 18.0 Å². The zero-order valence-electron chi connectivity index (χ0n) is 36.4. The van der Waals surface area contributed by atoms with E-state index in [2.05, 4.69) is 9.97 Å². The SMILES string of the molecule is CCOC(=O)c1cc(C2CCCCC2)c2c(C)nn(-c3ccccc3)c2n1.CCOC(=O)c1cc(C2CCN(C(=O)OC(C)(C)C)CC2)c2c(C)nn(-c3ccccc3)c2n1. The van der Waals surface area contributed by atoms with Crippen LogP contribution in [0.2, 0.25) is 0 Å². The lowest BCUT2D eigenvalue weighted by Gasteiger charge is -2.33. The van der Waals surface area contributed by atoms with Gasteiger partial charge in [0.2, 0.25) is 0 Å². The quantitative estimate of drug-likeness (QED) is 0.107. The van der Waals surface area contributed by atoms with Gasteiger partial charge in [-0.05, 0) is 134 Å². The summed E-state index contributed by atoms with van der Waals surface area (Å²) >= 11 is 0. The number of aromatic nitrogens is 6. The molecule has 0 spiro atoms. The highest BCUT2D eigenvalue weighted by Crippen LogP contribution is 2.39. The third kappa shape index (κ3) is 9.61. The Morgan fingerprint density at radius 2 is 1.07 bits per heavy atom. The van der Waals surface area contributed by atoms with E-state index in [1.165, 1.54) is 24.8 Å². The first-order valence-electron chi connectivity index (χ1n) is 21.6. The molecule has 13 heteroatoms. The number of amides is 1. The number of hydrogen-bond acceptors (Lipinski definition) is 10. The van der Waals surface area contributed by atoms with Crippen LogP contribution in [-0.2, 0) is 14.2 Å². The molecule has 0 unspecified atom stereocenters. The Morgan fingerprint density at radius 1 is 0.639 bits per heavy atom. The predicted octanol–water partition coefficient (Wildman–Crippen LogP) is 9.97. The number of hydrogen-bond donors (Lipinski definition) is 0. The average molecular weight is 828 g/mol. The molecule has 5 heterocycles. The standard InChI is InChI=1S/C26H32N4O4.C22H25N3O2/c1-6-33-24(31)21-16-20(18-12-14-29(15-13-18)25(32)34-26(3,4)5)22-17(2)28-30(23(22)27-21)19-10-8-7-9-11-19;1-3-27-22(26)19-14-18(16-10-6-4-7-11-16)20-15(2)24-25(21(20)23-19)17-12-8-5-9-13-17/h7-11,16,18H,6,12-15H2,1-5H3;5,8-9,12-14,16H,3-4,6-7,10-11H2,1-2H3. The molecular weight excluding hydrogens is 771 g/mol. The lowest BCUT2D eigenvalue weighted by Crippen LogP contribution is -2.41. The highest BCUT2D eigenvalue weighted by Gasteiger charge is 2.31. The van der Waals surface area contributed by atoms with Gasteiger partial charge in [-0.15, -0.1) is 0 Å². The molecule has 2 fully saturated rings. The molecule has 2 aliphatic rings. The number of ether oxygens (including phenoxy) is 3. The van der Waals surface area contributed by atoms with Gasteiger partial charge in [-0.1, -0.05) is 55.7 Å². The summed E-state index contributed by atoms with van der Waals surface area (Å²) in [7, 11) is 0. The second kappa shape index (κ2) is 18.7. The topological polar surface area (TPSA) is 144 Å². The molecule has 1 amide bonds. The van der Waals surface area contributed by atoms with E-state index in [0.29, 0.717) is 37.0 Å². The Balaban J connectivity index is 0.000000189. The van der Waals surface area contributed by atoms with Crippen LogP contribution in [0.4, 0.5) is 4.79 Å². The van der Waals surface area contributed by atoms with E-state index >= 15 is 0 Å². The molecular formula is C48H57N7O6. The third-order valence-corrected chi connectivity index (χ3v) is 11.3. The monoisotopic (exact) mass is 827 g/mol. The van der Waals surface area contributed by atoms with E-state index in [4.69, 9.17) is 24.4 Å². The van der Waals surface area contributed by atoms with Crippen LogP contribution in [-0.4, -0.2) is 84.4 Å². The van der Waals surface area contributed by atoms with Gasteiger partial charge in [-0.3, -0.25) is 0 Å². The predicted molar refractivity (Wildman–Crippen MR) is 235 cm³/mol. The fraction of sp³-hybridized carbons (Fsp3) is 0.438. The Hall–Kier alpha value is -6.11. The number of benzene rings is 2. The lowest BCUT2D eigenvalue weighted by molar-refractivity contribution is 0.0204. The molecule has 1 aliphatic carbocycles. The summed E-state index contributed by atoms with van der Waals surface area (Å²) in [6.45, 7) is 15.0. The number of rotatable bonds is 8. The maximum atomic E-state index is 12.7. The highest BCUT2D eigenvalue weighted by atomic mass is 16.6. The van der Waals surface area contributed by atoms with Crippen LogP contribution in [0.25, 0.3) is 33.4 Å². The Morgan fingerprint density at radius 3 is 1.48 bits per heavy atom. The number of piperidine rings is 1. The molecule has 1 saturated heterocycles. The van der Waals surface area contributed by atoms with E-state index in [0.717, 1.165) is 70.4 Å². The van der Waals surface area contributed by atoms with Gasteiger partial charge in [0, 0.05) is 23.9 Å². The van der Waals surface area contributed by atoms with Crippen molar-refractivity contribution in [3.05, 3.63) is 107 Å². The summed E-state index contributed by atoms with van der Waals surface area (Å²) in [6.07, 6.45) is 7.29. The van der Waals surface area contributed by atoms with Crippen LogP contribution in [0, 0.1) is 13.8 Å². The molecule has 6 aromatic rings. The number of carbonyl (C=O) groups excluding carboxylic acids is 3. The zero-order chi connectivity index (χ0) is 43.3. The molecule has 320 valence electrons. The summed E-state index contributed by atoms with van der Waals surface area (Å²) in [4.78, 5) is 48.8. The molecule has 1 aliphatic heterocycles. The summed E-state index contributed by atoms with van der Waals surface area (Å²) in [5, 5.41) is 11.6. The molecule has 4 aromatic heterocycles. The second-order valence-corrected chi connectivity index (χ2v) is 16.8. The smallest absolute Gasteiger partial charge is 0.410 e.